The molecule has 0 amide bonds. The van der Waals surface area contributed by atoms with Crippen molar-refractivity contribution in [1.29, 1.82) is 0 Å². The van der Waals surface area contributed by atoms with Gasteiger partial charge in [0.1, 0.15) is 15.6 Å². The highest BCUT2D eigenvalue weighted by Crippen LogP contribution is 2.26. The Morgan fingerprint density at radius 2 is 2.00 bits per heavy atom. The van der Waals surface area contributed by atoms with Crippen molar-refractivity contribution in [3.63, 3.8) is 0 Å². The van der Waals surface area contributed by atoms with Crippen molar-refractivity contribution in [2.45, 2.75) is 5.92 Å². The number of hydrogen-bond donors (Lipinski definition) is 1. The van der Waals surface area contributed by atoms with Gasteiger partial charge >= 0.3 is 0 Å². The highest BCUT2D eigenvalue weighted by Gasteiger charge is 2.19. The summed E-state index contributed by atoms with van der Waals surface area (Å²) < 4.78 is 27.7. The molecule has 1 aromatic rings. The van der Waals surface area contributed by atoms with Gasteiger partial charge < -0.3 is 10.5 Å². The molecular weight excluding hydrogens is 226 g/mol. The molecule has 0 radical (unpaired) electrons. The first kappa shape index (κ1) is 13.0. The first-order chi connectivity index (χ1) is 7.48. The van der Waals surface area contributed by atoms with Crippen LogP contribution in [0.4, 0.5) is 0 Å². The lowest BCUT2D eigenvalue weighted by molar-refractivity contribution is 0.407. The molecule has 0 aliphatic heterocycles. The van der Waals surface area contributed by atoms with Crippen molar-refractivity contribution in [1.82, 2.24) is 0 Å². The maximum absolute atomic E-state index is 11.3. The van der Waals surface area contributed by atoms with Gasteiger partial charge in [0.15, 0.2) is 0 Å². The number of sulfone groups is 1. The molecule has 0 saturated carbocycles. The lowest BCUT2D eigenvalue weighted by Gasteiger charge is -2.17. The molecule has 1 atom stereocenters. The minimum Gasteiger partial charge on any atom is -0.496 e. The van der Waals surface area contributed by atoms with E-state index in [4.69, 9.17) is 10.5 Å². The van der Waals surface area contributed by atoms with Crippen LogP contribution in [0, 0.1) is 0 Å². The second kappa shape index (κ2) is 5.32. The van der Waals surface area contributed by atoms with Gasteiger partial charge in [0.05, 0.1) is 12.9 Å². The van der Waals surface area contributed by atoms with Crippen molar-refractivity contribution in [3.05, 3.63) is 29.8 Å². The molecule has 2 N–H and O–H groups in total. The van der Waals surface area contributed by atoms with E-state index in [1.165, 1.54) is 6.26 Å². The van der Waals surface area contributed by atoms with Crippen LogP contribution in [0.3, 0.4) is 0 Å². The molecule has 0 spiro atoms. The second-order valence-corrected chi connectivity index (χ2v) is 5.95. The fourth-order valence-corrected chi connectivity index (χ4v) is 2.70. The topological polar surface area (TPSA) is 69.4 Å². The van der Waals surface area contributed by atoms with E-state index in [1.807, 2.05) is 18.2 Å². The van der Waals surface area contributed by atoms with E-state index in [9.17, 15) is 8.42 Å². The average Bonchev–Trinajstić information content (AvgIpc) is 2.24. The van der Waals surface area contributed by atoms with Gasteiger partial charge in [0.25, 0.3) is 0 Å². The Morgan fingerprint density at radius 1 is 1.38 bits per heavy atom. The standard InChI is InChI=1S/C11H17NO3S/c1-15-11-6-4-3-5-10(11)9(7-12)8-16(2,13)14/h3-6,9H,7-8,12H2,1-2H3. The second-order valence-electron chi connectivity index (χ2n) is 3.77. The Balaban J connectivity index is 3.03. The molecule has 0 aliphatic carbocycles. The minimum atomic E-state index is -3.04. The van der Waals surface area contributed by atoms with Crippen LogP contribution >= 0.6 is 0 Å². The Hall–Kier alpha value is -1.07. The third kappa shape index (κ3) is 3.50. The molecule has 1 unspecified atom stereocenters. The van der Waals surface area contributed by atoms with Crippen LogP contribution in [0.1, 0.15) is 11.5 Å². The molecule has 90 valence electrons. The van der Waals surface area contributed by atoms with Crippen molar-refractivity contribution in [2.75, 3.05) is 25.7 Å². The van der Waals surface area contributed by atoms with E-state index in [1.54, 1.807) is 13.2 Å². The van der Waals surface area contributed by atoms with Crippen molar-refractivity contribution in [2.24, 2.45) is 5.73 Å². The number of rotatable bonds is 5. The van der Waals surface area contributed by atoms with E-state index in [0.29, 0.717) is 5.75 Å². The fraction of sp³-hybridized carbons (Fsp3) is 0.455. The number of nitrogens with two attached hydrogens (primary N) is 1. The van der Waals surface area contributed by atoms with Gasteiger partial charge in [0.2, 0.25) is 0 Å². The minimum absolute atomic E-state index is 0.0455. The molecule has 5 heteroatoms. The van der Waals surface area contributed by atoms with Crippen LogP contribution in [-0.4, -0.2) is 34.1 Å². The predicted molar refractivity (Wildman–Crippen MR) is 64.5 cm³/mol. The van der Waals surface area contributed by atoms with E-state index in [0.717, 1.165) is 5.56 Å². The lowest BCUT2D eigenvalue weighted by Crippen LogP contribution is -2.21. The molecule has 1 rings (SSSR count). The predicted octanol–water partition coefficient (Wildman–Crippen LogP) is 0.782. The van der Waals surface area contributed by atoms with E-state index < -0.39 is 9.84 Å². The number of hydrogen-bond acceptors (Lipinski definition) is 4. The fourth-order valence-electron chi connectivity index (χ4n) is 1.65. The molecule has 0 bridgehead atoms. The zero-order valence-electron chi connectivity index (χ0n) is 9.51. The zero-order valence-corrected chi connectivity index (χ0v) is 10.3. The molecule has 0 saturated heterocycles. The van der Waals surface area contributed by atoms with Crippen molar-refractivity contribution < 1.29 is 13.2 Å². The van der Waals surface area contributed by atoms with Gasteiger partial charge in [-0.1, -0.05) is 18.2 Å². The largest absolute Gasteiger partial charge is 0.496 e. The summed E-state index contributed by atoms with van der Waals surface area (Å²) in [6.45, 7) is 0.285. The molecule has 0 aliphatic rings. The number of para-hydroxylation sites is 1. The van der Waals surface area contributed by atoms with E-state index in [2.05, 4.69) is 0 Å². The van der Waals surface area contributed by atoms with Gasteiger partial charge in [-0.2, -0.15) is 0 Å². The summed E-state index contributed by atoms with van der Waals surface area (Å²) in [6, 6.07) is 7.35. The molecule has 0 aromatic heterocycles. The Kier molecular flexibility index (Phi) is 4.32. The van der Waals surface area contributed by atoms with Crippen LogP contribution in [-0.2, 0) is 9.84 Å². The smallest absolute Gasteiger partial charge is 0.148 e. The Bertz CT molecular complexity index is 442. The van der Waals surface area contributed by atoms with Gasteiger partial charge in [-0.25, -0.2) is 8.42 Å². The summed E-state index contributed by atoms with van der Waals surface area (Å²) in [5.74, 6) is 0.511. The normalized spacial score (nSPS) is 13.4. The summed E-state index contributed by atoms with van der Waals surface area (Å²) >= 11 is 0. The van der Waals surface area contributed by atoms with E-state index >= 15 is 0 Å². The highest BCUT2D eigenvalue weighted by atomic mass is 32.2. The summed E-state index contributed by atoms with van der Waals surface area (Å²) in [4.78, 5) is 0. The SMILES string of the molecule is COc1ccccc1C(CN)CS(C)(=O)=O. The van der Waals surface area contributed by atoms with Gasteiger partial charge in [-0.3, -0.25) is 0 Å². The molecule has 0 heterocycles. The van der Waals surface area contributed by atoms with Crippen LogP contribution in [0.15, 0.2) is 24.3 Å². The summed E-state index contributed by atoms with van der Waals surface area (Å²) in [6.07, 6.45) is 1.21. The third-order valence-corrected chi connectivity index (χ3v) is 3.38. The summed E-state index contributed by atoms with van der Waals surface area (Å²) in [5, 5.41) is 0. The van der Waals surface area contributed by atoms with Gasteiger partial charge in [0, 0.05) is 18.7 Å². The van der Waals surface area contributed by atoms with E-state index in [-0.39, 0.29) is 18.2 Å². The monoisotopic (exact) mass is 243 g/mol. The average molecular weight is 243 g/mol. The molecule has 1 aromatic carbocycles. The first-order valence-electron chi connectivity index (χ1n) is 4.98. The Labute approximate surface area is 96.3 Å². The van der Waals surface area contributed by atoms with Crippen molar-refractivity contribution >= 4 is 9.84 Å². The van der Waals surface area contributed by atoms with Crippen molar-refractivity contribution in [3.8, 4) is 5.75 Å². The van der Waals surface area contributed by atoms with Crippen LogP contribution in [0.25, 0.3) is 0 Å². The van der Waals surface area contributed by atoms with Crippen LogP contribution < -0.4 is 10.5 Å². The highest BCUT2D eigenvalue weighted by molar-refractivity contribution is 7.90. The maximum atomic E-state index is 11.3. The molecular formula is C11H17NO3S. The Morgan fingerprint density at radius 3 is 2.50 bits per heavy atom. The molecule has 16 heavy (non-hydrogen) atoms. The third-order valence-electron chi connectivity index (χ3n) is 2.37. The lowest BCUT2D eigenvalue weighted by atomic mass is 10.0. The maximum Gasteiger partial charge on any atom is 0.148 e. The van der Waals surface area contributed by atoms with Gasteiger partial charge in [-0.15, -0.1) is 0 Å². The quantitative estimate of drug-likeness (QED) is 0.829. The van der Waals surface area contributed by atoms with Gasteiger partial charge in [-0.05, 0) is 11.6 Å². The molecule has 0 fully saturated rings. The van der Waals surface area contributed by atoms with Crippen LogP contribution in [0.2, 0.25) is 0 Å². The number of ether oxygens (including phenoxy) is 1. The number of methoxy groups -OCH3 is 1. The first-order valence-corrected chi connectivity index (χ1v) is 7.04. The summed E-state index contributed by atoms with van der Waals surface area (Å²) in [7, 11) is -1.48. The van der Waals surface area contributed by atoms with Crippen LogP contribution in [0.5, 0.6) is 5.75 Å². The number of benzene rings is 1. The summed E-state index contributed by atoms with van der Waals surface area (Å²) in [5.41, 5.74) is 6.46. The zero-order chi connectivity index (χ0) is 12.2. The molecule has 4 nitrogen and oxygen atoms in total.